The third kappa shape index (κ3) is 4.41. The molecule has 0 aromatic heterocycles. The quantitative estimate of drug-likeness (QED) is 0.700. The molecule has 0 unspecified atom stereocenters. The van der Waals surface area contributed by atoms with E-state index in [1.165, 1.54) is 15.0 Å². The Labute approximate surface area is 134 Å². The summed E-state index contributed by atoms with van der Waals surface area (Å²) >= 11 is 0. The second-order valence-electron chi connectivity index (χ2n) is 6.22. The van der Waals surface area contributed by atoms with E-state index < -0.39 is 10.2 Å². The van der Waals surface area contributed by atoms with Crippen LogP contribution in [0, 0.1) is 0 Å². The van der Waals surface area contributed by atoms with Crippen LogP contribution in [0.4, 0.5) is 0 Å². The van der Waals surface area contributed by atoms with Gasteiger partial charge in [0.25, 0.3) is 10.2 Å². The summed E-state index contributed by atoms with van der Waals surface area (Å²) in [6.45, 7) is 4.91. The number of carbonyl (C=O) groups excluding carboxylic acids is 1. The lowest BCUT2D eigenvalue weighted by molar-refractivity contribution is -0.132. The largest absolute Gasteiger partial charge is 0.343 e. The average molecular weight is 332 g/mol. The normalized spacial score (nSPS) is 22.2. The Balaban J connectivity index is 1.72. The SMILES string of the molecule is CN(C)S(=O)(=O)N1CCN(CCC(=O)N2CCCCC2)CC1. The number of carbonyl (C=O) groups is 1. The summed E-state index contributed by atoms with van der Waals surface area (Å²) in [6, 6.07) is 0. The number of piperidine rings is 1. The molecule has 2 rings (SSSR count). The van der Waals surface area contributed by atoms with Crippen molar-refractivity contribution in [2.24, 2.45) is 0 Å². The van der Waals surface area contributed by atoms with Crippen molar-refractivity contribution in [1.82, 2.24) is 18.4 Å². The Bertz CT molecular complexity index is 466. The Morgan fingerprint density at radius 1 is 0.955 bits per heavy atom. The zero-order valence-corrected chi connectivity index (χ0v) is 14.5. The maximum absolute atomic E-state index is 12.1. The standard InChI is InChI=1S/C14H28N4O3S/c1-15(2)22(20,21)18-12-10-16(11-13-18)9-6-14(19)17-7-4-3-5-8-17/h3-13H2,1-2H3. The van der Waals surface area contributed by atoms with Gasteiger partial charge in [-0.1, -0.05) is 0 Å². The van der Waals surface area contributed by atoms with Crippen LogP contribution in [0.5, 0.6) is 0 Å². The number of hydrogen-bond acceptors (Lipinski definition) is 4. The molecular weight excluding hydrogens is 304 g/mol. The molecule has 2 fully saturated rings. The highest BCUT2D eigenvalue weighted by Crippen LogP contribution is 2.12. The Morgan fingerprint density at radius 3 is 2.09 bits per heavy atom. The van der Waals surface area contributed by atoms with Crippen molar-refractivity contribution in [3.63, 3.8) is 0 Å². The van der Waals surface area contributed by atoms with Gasteiger partial charge in [0, 0.05) is 66.3 Å². The summed E-state index contributed by atoms with van der Waals surface area (Å²) < 4.78 is 26.8. The first-order valence-corrected chi connectivity index (χ1v) is 9.48. The predicted octanol–water partition coefficient (Wildman–Crippen LogP) is -0.187. The molecule has 0 aromatic rings. The fourth-order valence-corrected chi connectivity index (χ4v) is 4.06. The van der Waals surface area contributed by atoms with Gasteiger partial charge in [-0.3, -0.25) is 4.79 Å². The molecule has 2 saturated heterocycles. The summed E-state index contributed by atoms with van der Waals surface area (Å²) in [7, 11) is -0.198. The summed E-state index contributed by atoms with van der Waals surface area (Å²) in [4.78, 5) is 16.3. The molecule has 0 N–H and O–H groups in total. The molecule has 2 heterocycles. The van der Waals surface area contributed by atoms with Crippen molar-refractivity contribution in [3.8, 4) is 0 Å². The van der Waals surface area contributed by atoms with Gasteiger partial charge in [0.05, 0.1) is 0 Å². The summed E-state index contributed by atoms with van der Waals surface area (Å²) in [5.41, 5.74) is 0. The molecule has 8 heteroatoms. The molecule has 2 aliphatic rings. The van der Waals surface area contributed by atoms with Crippen LogP contribution in [-0.2, 0) is 15.0 Å². The minimum absolute atomic E-state index is 0.239. The first-order valence-electron chi connectivity index (χ1n) is 8.09. The highest BCUT2D eigenvalue weighted by Gasteiger charge is 2.28. The topological polar surface area (TPSA) is 64.2 Å². The number of likely N-dealkylation sites (tertiary alicyclic amines) is 1. The smallest absolute Gasteiger partial charge is 0.281 e. The van der Waals surface area contributed by atoms with Gasteiger partial charge in [-0.05, 0) is 19.3 Å². The van der Waals surface area contributed by atoms with Crippen LogP contribution in [0.15, 0.2) is 0 Å². The van der Waals surface area contributed by atoms with E-state index in [-0.39, 0.29) is 5.91 Å². The van der Waals surface area contributed by atoms with Crippen LogP contribution < -0.4 is 0 Å². The third-order valence-electron chi connectivity index (χ3n) is 4.47. The first kappa shape index (κ1) is 17.7. The Kier molecular flexibility index (Phi) is 6.19. The van der Waals surface area contributed by atoms with Gasteiger partial charge in [0.1, 0.15) is 0 Å². The molecule has 2 aliphatic heterocycles. The number of nitrogens with zero attached hydrogens (tertiary/aromatic N) is 4. The van der Waals surface area contributed by atoms with Gasteiger partial charge in [0.2, 0.25) is 5.91 Å². The molecule has 22 heavy (non-hydrogen) atoms. The van der Waals surface area contributed by atoms with Crippen molar-refractivity contribution < 1.29 is 13.2 Å². The summed E-state index contributed by atoms with van der Waals surface area (Å²) in [6.07, 6.45) is 4.01. The summed E-state index contributed by atoms with van der Waals surface area (Å²) in [5, 5.41) is 0. The summed E-state index contributed by atoms with van der Waals surface area (Å²) in [5.74, 6) is 0.239. The van der Waals surface area contributed by atoms with Crippen LogP contribution in [0.2, 0.25) is 0 Å². The van der Waals surface area contributed by atoms with Crippen molar-refractivity contribution in [2.45, 2.75) is 25.7 Å². The van der Waals surface area contributed by atoms with Gasteiger partial charge < -0.3 is 9.80 Å². The van der Waals surface area contributed by atoms with Crippen molar-refractivity contribution in [1.29, 1.82) is 0 Å². The molecule has 0 bridgehead atoms. The molecule has 0 spiro atoms. The molecule has 7 nitrogen and oxygen atoms in total. The van der Waals surface area contributed by atoms with Crippen molar-refractivity contribution >= 4 is 16.1 Å². The van der Waals surface area contributed by atoms with E-state index in [1.807, 2.05) is 4.90 Å². The molecule has 0 atom stereocenters. The number of amides is 1. The third-order valence-corrected chi connectivity index (χ3v) is 6.41. The van der Waals surface area contributed by atoms with E-state index >= 15 is 0 Å². The number of rotatable bonds is 5. The van der Waals surface area contributed by atoms with Crippen LogP contribution in [-0.4, -0.2) is 92.6 Å². The minimum Gasteiger partial charge on any atom is -0.343 e. The van der Waals surface area contributed by atoms with Gasteiger partial charge in [0.15, 0.2) is 0 Å². The number of hydrogen-bond donors (Lipinski definition) is 0. The lowest BCUT2D eigenvalue weighted by Gasteiger charge is -2.35. The maximum Gasteiger partial charge on any atom is 0.281 e. The van der Waals surface area contributed by atoms with Crippen molar-refractivity contribution in [2.75, 3.05) is 59.9 Å². The van der Waals surface area contributed by atoms with Crippen LogP contribution in [0.1, 0.15) is 25.7 Å². The molecular formula is C14H28N4O3S. The van der Waals surface area contributed by atoms with E-state index in [0.29, 0.717) is 32.6 Å². The zero-order chi connectivity index (χ0) is 16.2. The fourth-order valence-electron chi connectivity index (χ4n) is 2.97. The number of piperazine rings is 1. The van der Waals surface area contributed by atoms with Gasteiger partial charge in [-0.25, -0.2) is 0 Å². The highest BCUT2D eigenvalue weighted by molar-refractivity contribution is 7.86. The monoisotopic (exact) mass is 332 g/mol. The van der Waals surface area contributed by atoms with E-state index in [9.17, 15) is 13.2 Å². The first-order chi connectivity index (χ1) is 10.4. The van der Waals surface area contributed by atoms with E-state index in [0.717, 1.165) is 32.5 Å². The second kappa shape index (κ2) is 7.72. The average Bonchev–Trinajstić information content (AvgIpc) is 2.53. The highest BCUT2D eigenvalue weighted by atomic mass is 32.2. The van der Waals surface area contributed by atoms with Crippen LogP contribution in [0.25, 0.3) is 0 Å². The minimum atomic E-state index is -3.31. The Morgan fingerprint density at radius 2 is 1.55 bits per heavy atom. The lowest BCUT2D eigenvalue weighted by Crippen LogP contribution is -2.52. The zero-order valence-electron chi connectivity index (χ0n) is 13.7. The van der Waals surface area contributed by atoms with Gasteiger partial charge in [-0.2, -0.15) is 17.0 Å². The molecule has 0 aliphatic carbocycles. The molecule has 0 radical (unpaired) electrons. The van der Waals surface area contributed by atoms with Crippen LogP contribution in [0.3, 0.4) is 0 Å². The maximum atomic E-state index is 12.1. The lowest BCUT2D eigenvalue weighted by atomic mass is 10.1. The van der Waals surface area contributed by atoms with Crippen LogP contribution >= 0.6 is 0 Å². The molecule has 0 saturated carbocycles. The van der Waals surface area contributed by atoms with E-state index in [2.05, 4.69) is 4.90 Å². The fraction of sp³-hybridized carbons (Fsp3) is 0.929. The molecule has 0 aromatic carbocycles. The molecule has 1 amide bonds. The van der Waals surface area contributed by atoms with Gasteiger partial charge in [-0.15, -0.1) is 0 Å². The molecule has 128 valence electrons. The Hall–Kier alpha value is -0.700. The van der Waals surface area contributed by atoms with Gasteiger partial charge >= 0.3 is 0 Å². The second-order valence-corrected chi connectivity index (χ2v) is 8.36. The van der Waals surface area contributed by atoms with Crippen molar-refractivity contribution in [3.05, 3.63) is 0 Å². The van der Waals surface area contributed by atoms with E-state index in [1.54, 1.807) is 14.1 Å². The predicted molar refractivity (Wildman–Crippen MR) is 85.7 cm³/mol. The van der Waals surface area contributed by atoms with E-state index in [4.69, 9.17) is 0 Å².